The molecule has 1 fully saturated rings. The molecule has 2 N–H and O–H groups in total. The number of ketones is 1. The lowest BCUT2D eigenvalue weighted by molar-refractivity contribution is -0.160. The molecule has 0 spiro atoms. The van der Waals surface area contributed by atoms with Crippen molar-refractivity contribution in [3.63, 3.8) is 0 Å². The zero-order valence-corrected chi connectivity index (χ0v) is 17.7. The molecule has 0 saturated carbocycles. The fourth-order valence-corrected chi connectivity index (χ4v) is 3.37. The molecule has 0 bridgehead atoms. The summed E-state index contributed by atoms with van der Waals surface area (Å²) in [6, 6.07) is 10.2. The number of carbonyl (C=O) groups excluding carboxylic acids is 2. The summed E-state index contributed by atoms with van der Waals surface area (Å²) in [5, 5.41) is 6.36. The van der Waals surface area contributed by atoms with Crippen molar-refractivity contribution in [3.8, 4) is 11.3 Å². The van der Waals surface area contributed by atoms with Crippen molar-refractivity contribution in [2.45, 2.75) is 39.3 Å². The topological polar surface area (TPSA) is 80.6 Å². The minimum atomic E-state index is -0.708. The van der Waals surface area contributed by atoms with E-state index in [-0.39, 0.29) is 5.78 Å². The van der Waals surface area contributed by atoms with Crippen LogP contribution in [0, 0.1) is 5.92 Å². The Bertz CT molecular complexity index is 969. The maximum Gasteiger partial charge on any atom is 0.318 e. The Balaban J connectivity index is 1.90. The van der Waals surface area contributed by atoms with E-state index in [1.807, 2.05) is 39.0 Å². The third kappa shape index (κ3) is 4.74. The Kier molecular flexibility index (Phi) is 5.61. The third-order valence-electron chi connectivity index (χ3n) is 4.44. The molecule has 2 heterocycles. The second-order valence-electron chi connectivity index (χ2n) is 7.95. The van der Waals surface area contributed by atoms with Gasteiger partial charge in [-0.3, -0.25) is 9.59 Å². The Hall–Kier alpha value is -2.93. The number of ether oxygens (including phenoxy) is 1. The van der Waals surface area contributed by atoms with Crippen LogP contribution in [0.3, 0.4) is 0 Å². The molecule has 29 heavy (non-hydrogen) atoms. The van der Waals surface area contributed by atoms with Gasteiger partial charge in [0.2, 0.25) is 0 Å². The van der Waals surface area contributed by atoms with E-state index < -0.39 is 23.5 Å². The molecular formula is C22H24N2O4S. The van der Waals surface area contributed by atoms with Crippen LogP contribution in [0.5, 0.6) is 0 Å². The number of rotatable bonds is 4. The predicted octanol–water partition coefficient (Wildman–Crippen LogP) is 4.14. The van der Waals surface area contributed by atoms with Crippen LogP contribution in [0.4, 0.5) is 0 Å². The fraction of sp³-hybridized carbons (Fsp3) is 0.318. The van der Waals surface area contributed by atoms with Crippen molar-refractivity contribution in [1.82, 2.24) is 10.6 Å². The highest BCUT2D eigenvalue weighted by molar-refractivity contribution is 7.80. The summed E-state index contributed by atoms with van der Waals surface area (Å²) in [5.74, 6) is 0.0352. The largest absolute Gasteiger partial charge is 0.459 e. The third-order valence-corrected chi connectivity index (χ3v) is 4.66. The average molecular weight is 413 g/mol. The smallest absolute Gasteiger partial charge is 0.318 e. The first kappa shape index (κ1) is 20.8. The molecule has 2 atom stereocenters. The number of benzene rings is 1. The van der Waals surface area contributed by atoms with Crippen molar-refractivity contribution in [2.75, 3.05) is 0 Å². The summed E-state index contributed by atoms with van der Waals surface area (Å²) < 4.78 is 11.6. The van der Waals surface area contributed by atoms with Gasteiger partial charge in [-0.25, -0.2) is 0 Å². The second-order valence-corrected chi connectivity index (χ2v) is 8.36. The predicted molar refractivity (Wildman–Crippen MR) is 114 cm³/mol. The molecule has 1 aromatic heterocycles. The molecule has 0 aliphatic carbocycles. The molecule has 0 amide bonds. The monoisotopic (exact) mass is 412 g/mol. The van der Waals surface area contributed by atoms with Gasteiger partial charge in [-0.05, 0) is 52.0 Å². The van der Waals surface area contributed by atoms with Crippen LogP contribution in [0.15, 0.2) is 53.1 Å². The van der Waals surface area contributed by atoms with Crippen molar-refractivity contribution < 1.29 is 18.7 Å². The molecule has 1 aliphatic rings. The van der Waals surface area contributed by atoms with Crippen molar-refractivity contribution in [3.05, 3.63) is 60.0 Å². The van der Waals surface area contributed by atoms with Gasteiger partial charge in [0.1, 0.15) is 29.1 Å². The minimum Gasteiger partial charge on any atom is -0.459 e. The van der Waals surface area contributed by atoms with E-state index in [2.05, 4.69) is 17.2 Å². The van der Waals surface area contributed by atoms with Gasteiger partial charge in [0.15, 0.2) is 10.9 Å². The number of furan rings is 1. The number of Topliss-reactive ketones (excluding diaryl/α,β-unsaturated/α-hetero) is 1. The first-order chi connectivity index (χ1) is 13.5. The average Bonchev–Trinajstić information content (AvgIpc) is 3.09. The number of hydrogen-bond donors (Lipinski definition) is 2. The molecule has 6 nitrogen and oxygen atoms in total. The zero-order chi connectivity index (χ0) is 21.3. The van der Waals surface area contributed by atoms with Crippen LogP contribution in [0.1, 0.15) is 49.9 Å². The lowest BCUT2D eigenvalue weighted by atomic mass is 9.92. The van der Waals surface area contributed by atoms with E-state index in [1.165, 1.54) is 6.92 Å². The van der Waals surface area contributed by atoms with Crippen LogP contribution in [-0.2, 0) is 9.53 Å². The number of carbonyl (C=O) groups is 2. The molecular weight excluding hydrogens is 388 g/mol. The molecule has 0 unspecified atom stereocenters. The minimum absolute atomic E-state index is 0.00261. The van der Waals surface area contributed by atoms with Gasteiger partial charge < -0.3 is 19.8 Å². The normalized spacial score (nSPS) is 19.3. The molecule has 7 heteroatoms. The molecule has 1 aliphatic heterocycles. The quantitative estimate of drug-likeness (QED) is 0.444. The molecule has 2 aromatic rings. The summed E-state index contributed by atoms with van der Waals surface area (Å²) in [6.07, 6.45) is 0. The Morgan fingerprint density at radius 2 is 1.79 bits per heavy atom. The van der Waals surface area contributed by atoms with E-state index in [0.717, 1.165) is 5.56 Å². The van der Waals surface area contributed by atoms with Crippen molar-refractivity contribution in [2.24, 2.45) is 5.92 Å². The molecule has 152 valence electrons. The lowest BCUT2D eigenvalue weighted by Gasteiger charge is -2.35. The summed E-state index contributed by atoms with van der Waals surface area (Å²) in [5.41, 5.74) is 1.28. The van der Waals surface area contributed by atoms with E-state index >= 15 is 0 Å². The Morgan fingerprint density at radius 1 is 1.14 bits per heavy atom. The highest BCUT2D eigenvalue weighted by atomic mass is 32.1. The number of thiocarbonyl (C=S) groups is 1. The number of esters is 1. The summed E-state index contributed by atoms with van der Waals surface area (Å²) >= 11 is 5.24. The number of hydrogen-bond acceptors (Lipinski definition) is 5. The second kappa shape index (κ2) is 7.83. The van der Waals surface area contributed by atoms with Crippen LogP contribution in [0.25, 0.3) is 11.3 Å². The summed E-state index contributed by atoms with van der Waals surface area (Å²) in [4.78, 5) is 24.3. The highest BCUT2D eigenvalue weighted by Crippen LogP contribution is 2.34. The first-order valence-electron chi connectivity index (χ1n) is 9.25. The van der Waals surface area contributed by atoms with Gasteiger partial charge in [0.25, 0.3) is 0 Å². The van der Waals surface area contributed by atoms with E-state index in [1.54, 1.807) is 18.2 Å². The first-order valence-corrected chi connectivity index (χ1v) is 9.66. The zero-order valence-electron chi connectivity index (χ0n) is 16.9. The Labute approximate surface area is 175 Å². The van der Waals surface area contributed by atoms with Gasteiger partial charge in [-0.1, -0.05) is 30.8 Å². The van der Waals surface area contributed by atoms with Gasteiger partial charge in [0, 0.05) is 16.8 Å². The van der Waals surface area contributed by atoms with Crippen molar-refractivity contribution in [1.29, 1.82) is 0 Å². The van der Waals surface area contributed by atoms with E-state index in [0.29, 0.717) is 27.9 Å². The molecule has 1 saturated heterocycles. The van der Waals surface area contributed by atoms with Crippen LogP contribution in [0.2, 0.25) is 0 Å². The van der Waals surface area contributed by atoms with Gasteiger partial charge in [-0.15, -0.1) is 0 Å². The van der Waals surface area contributed by atoms with E-state index in [4.69, 9.17) is 21.4 Å². The van der Waals surface area contributed by atoms with Crippen molar-refractivity contribution >= 4 is 29.1 Å². The highest BCUT2D eigenvalue weighted by Gasteiger charge is 2.40. The standard InChI is InChI=1S/C22H24N2O4S/c1-12-18(20(26)28-22(3,4)5)19(24-21(29)23-12)17-11-10-16(27-17)15-8-6-14(7-9-15)13(2)25/h6-11,18-19H,1H2,2-5H3,(H2,23,24,29)/t18-,19+/m1/s1. The number of nitrogens with one attached hydrogen (secondary N) is 2. The van der Waals surface area contributed by atoms with Gasteiger partial charge in [-0.2, -0.15) is 0 Å². The fourth-order valence-electron chi connectivity index (χ4n) is 3.11. The maximum absolute atomic E-state index is 12.8. The summed E-state index contributed by atoms with van der Waals surface area (Å²) in [7, 11) is 0. The SMILES string of the molecule is C=C1NC(=S)N[C@@H](c2ccc(-c3ccc(C(C)=O)cc3)o2)[C@@H]1C(=O)OC(C)(C)C. The van der Waals surface area contributed by atoms with Crippen LogP contribution < -0.4 is 10.6 Å². The van der Waals surface area contributed by atoms with Gasteiger partial charge in [0.05, 0.1) is 0 Å². The Morgan fingerprint density at radius 3 is 2.38 bits per heavy atom. The lowest BCUT2D eigenvalue weighted by Crippen LogP contribution is -2.51. The summed E-state index contributed by atoms with van der Waals surface area (Å²) in [6.45, 7) is 10.9. The molecule has 1 aromatic carbocycles. The maximum atomic E-state index is 12.8. The molecule has 0 radical (unpaired) electrons. The van der Waals surface area contributed by atoms with Crippen LogP contribution in [-0.4, -0.2) is 22.5 Å². The van der Waals surface area contributed by atoms with Gasteiger partial charge >= 0.3 is 5.97 Å². The molecule has 3 rings (SSSR count). The van der Waals surface area contributed by atoms with Crippen LogP contribution >= 0.6 is 12.2 Å². The van der Waals surface area contributed by atoms with E-state index in [9.17, 15) is 9.59 Å².